The SMILES string of the molecule is Cc1nccc(-c2nccn2C2CC(=O)N(c3ccccc3Cl)C2)n1. The van der Waals surface area contributed by atoms with Crippen molar-refractivity contribution < 1.29 is 4.79 Å². The van der Waals surface area contributed by atoms with Gasteiger partial charge >= 0.3 is 0 Å². The zero-order chi connectivity index (χ0) is 17.4. The van der Waals surface area contributed by atoms with Crippen molar-refractivity contribution in [3.63, 3.8) is 0 Å². The number of amides is 1. The van der Waals surface area contributed by atoms with Crippen molar-refractivity contribution in [1.29, 1.82) is 0 Å². The summed E-state index contributed by atoms with van der Waals surface area (Å²) >= 11 is 6.26. The Labute approximate surface area is 150 Å². The first-order valence-corrected chi connectivity index (χ1v) is 8.39. The van der Waals surface area contributed by atoms with Gasteiger partial charge in [0.15, 0.2) is 5.82 Å². The molecule has 1 fully saturated rings. The molecule has 1 aliphatic rings. The van der Waals surface area contributed by atoms with Gasteiger partial charge in [0.2, 0.25) is 5.91 Å². The van der Waals surface area contributed by atoms with E-state index < -0.39 is 0 Å². The molecule has 0 radical (unpaired) electrons. The van der Waals surface area contributed by atoms with Gasteiger partial charge in [-0.15, -0.1) is 0 Å². The highest BCUT2D eigenvalue weighted by Crippen LogP contribution is 2.34. The minimum Gasteiger partial charge on any atom is -0.324 e. The molecule has 0 saturated carbocycles. The molecule has 1 aliphatic heterocycles. The molecule has 0 bridgehead atoms. The highest BCUT2D eigenvalue weighted by atomic mass is 35.5. The molecule has 1 aromatic carbocycles. The minimum atomic E-state index is -0.0171. The molecule has 25 heavy (non-hydrogen) atoms. The Morgan fingerprint density at radius 2 is 2.00 bits per heavy atom. The molecule has 126 valence electrons. The van der Waals surface area contributed by atoms with Crippen LogP contribution in [0.2, 0.25) is 5.02 Å². The first-order chi connectivity index (χ1) is 12.1. The third kappa shape index (κ3) is 2.89. The maximum Gasteiger partial charge on any atom is 0.229 e. The second kappa shape index (κ2) is 6.29. The molecule has 0 spiro atoms. The van der Waals surface area contributed by atoms with E-state index in [1.807, 2.05) is 42.0 Å². The predicted octanol–water partition coefficient (Wildman–Crippen LogP) is 3.28. The molecule has 1 atom stereocenters. The van der Waals surface area contributed by atoms with Gasteiger partial charge in [-0.05, 0) is 25.1 Å². The summed E-state index contributed by atoms with van der Waals surface area (Å²) in [6, 6.07) is 9.21. The summed E-state index contributed by atoms with van der Waals surface area (Å²) in [7, 11) is 0. The monoisotopic (exact) mass is 353 g/mol. The van der Waals surface area contributed by atoms with E-state index >= 15 is 0 Å². The van der Waals surface area contributed by atoms with Crippen LogP contribution in [0.3, 0.4) is 0 Å². The Bertz CT molecular complexity index is 938. The number of hydrogen-bond donors (Lipinski definition) is 0. The number of rotatable bonds is 3. The first-order valence-electron chi connectivity index (χ1n) is 8.01. The van der Waals surface area contributed by atoms with Crippen molar-refractivity contribution in [1.82, 2.24) is 19.5 Å². The molecular weight excluding hydrogens is 338 g/mol. The van der Waals surface area contributed by atoms with E-state index in [1.54, 1.807) is 23.4 Å². The zero-order valence-corrected chi connectivity index (χ0v) is 14.4. The van der Waals surface area contributed by atoms with Crippen LogP contribution in [0.25, 0.3) is 11.5 Å². The number of imidazole rings is 1. The Kier molecular flexibility index (Phi) is 3.97. The van der Waals surface area contributed by atoms with Gasteiger partial charge in [0, 0.05) is 31.6 Å². The number of nitrogens with zero attached hydrogens (tertiary/aromatic N) is 5. The van der Waals surface area contributed by atoms with Gasteiger partial charge in [0.25, 0.3) is 0 Å². The van der Waals surface area contributed by atoms with Crippen molar-refractivity contribution >= 4 is 23.2 Å². The molecule has 4 rings (SSSR count). The fraction of sp³-hybridized carbons (Fsp3) is 0.222. The second-order valence-corrected chi connectivity index (χ2v) is 6.37. The van der Waals surface area contributed by atoms with E-state index in [0.717, 1.165) is 17.2 Å². The van der Waals surface area contributed by atoms with E-state index in [1.165, 1.54) is 0 Å². The van der Waals surface area contributed by atoms with Crippen LogP contribution in [0.1, 0.15) is 18.3 Å². The lowest BCUT2D eigenvalue weighted by Gasteiger charge is -2.19. The Hall–Kier alpha value is -2.73. The van der Waals surface area contributed by atoms with Crippen LogP contribution in [0, 0.1) is 6.92 Å². The van der Waals surface area contributed by atoms with Crippen molar-refractivity contribution in [2.24, 2.45) is 0 Å². The number of anilines is 1. The largest absolute Gasteiger partial charge is 0.324 e. The second-order valence-electron chi connectivity index (χ2n) is 5.96. The van der Waals surface area contributed by atoms with Crippen LogP contribution in [0.4, 0.5) is 5.69 Å². The highest BCUT2D eigenvalue weighted by molar-refractivity contribution is 6.33. The third-order valence-electron chi connectivity index (χ3n) is 4.32. The number of carbonyl (C=O) groups excluding carboxylic acids is 1. The molecule has 0 aliphatic carbocycles. The fourth-order valence-electron chi connectivity index (χ4n) is 3.17. The predicted molar refractivity (Wildman–Crippen MR) is 95.4 cm³/mol. The number of halogens is 1. The molecule has 0 N–H and O–H groups in total. The average Bonchev–Trinajstić information content (AvgIpc) is 3.22. The molecule has 1 unspecified atom stereocenters. The summed E-state index contributed by atoms with van der Waals surface area (Å²) in [6.07, 6.45) is 5.74. The van der Waals surface area contributed by atoms with Crippen molar-refractivity contribution in [2.45, 2.75) is 19.4 Å². The van der Waals surface area contributed by atoms with Gasteiger partial charge in [0.05, 0.1) is 16.8 Å². The van der Waals surface area contributed by atoms with Crippen molar-refractivity contribution in [3.05, 3.63) is 59.8 Å². The molecule has 1 amide bonds. The zero-order valence-electron chi connectivity index (χ0n) is 13.6. The standard InChI is InChI=1S/C18H16ClN5O/c1-12-20-7-6-15(22-12)18-21-8-9-23(18)13-10-17(25)24(11-13)16-5-3-2-4-14(16)19/h2-9,13H,10-11H2,1H3. The van der Waals surface area contributed by atoms with Crippen LogP contribution < -0.4 is 4.90 Å². The summed E-state index contributed by atoms with van der Waals surface area (Å²) < 4.78 is 2.01. The number of carbonyl (C=O) groups is 1. The van der Waals surface area contributed by atoms with Crippen LogP contribution in [-0.2, 0) is 4.79 Å². The minimum absolute atomic E-state index is 0.0171. The summed E-state index contributed by atoms with van der Waals surface area (Å²) in [5.74, 6) is 1.48. The van der Waals surface area contributed by atoms with E-state index in [9.17, 15) is 4.79 Å². The lowest BCUT2D eigenvalue weighted by molar-refractivity contribution is -0.117. The highest BCUT2D eigenvalue weighted by Gasteiger charge is 2.33. The molecular formula is C18H16ClN5O. The average molecular weight is 354 g/mol. The maximum atomic E-state index is 12.5. The van der Waals surface area contributed by atoms with E-state index in [4.69, 9.17) is 11.6 Å². The number of aromatic nitrogens is 4. The summed E-state index contributed by atoms with van der Waals surface area (Å²) in [5.41, 5.74) is 1.50. The normalized spacial score (nSPS) is 17.3. The fourth-order valence-corrected chi connectivity index (χ4v) is 3.40. The van der Waals surface area contributed by atoms with Gasteiger partial charge in [-0.1, -0.05) is 23.7 Å². The van der Waals surface area contributed by atoms with Crippen LogP contribution >= 0.6 is 11.6 Å². The number of benzene rings is 1. The van der Waals surface area contributed by atoms with Crippen molar-refractivity contribution in [2.75, 3.05) is 11.4 Å². The molecule has 7 heteroatoms. The van der Waals surface area contributed by atoms with Gasteiger partial charge in [-0.3, -0.25) is 4.79 Å². The number of hydrogen-bond acceptors (Lipinski definition) is 4. The number of para-hydroxylation sites is 1. The lowest BCUT2D eigenvalue weighted by Crippen LogP contribution is -2.25. The van der Waals surface area contributed by atoms with Crippen LogP contribution in [0.15, 0.2) is 48.9 Å². The molecule has 2 aromatic heterocycles. The van der Waals surface area contributed by atoms with Gasteiger partial charge in [-0.2, -0.15) is 0 Å². The summed E-state index contributed by atoms with van der Waals surface area (Å²) in [4.78, 5) is 27.3. The smallest absolute Gasteiger partial charge is 0.229 e. The van der Waals surface area contributed by atoms with Gasteiger partial charge in [0.1, 0.15) is 11.5 Å². The Balaban J connectivity index is 1.66. The topological polar surface area (TPSA) is 63.9 Å². The summed E-state index contributed by atoms with van der Waals surface area (Å²) in [6.45, 7) is 2.39. The number of aryl methyl sites for hydroxylation is 1. The molecule has 3 heterocycles. The lowest BCUT2D eigenvalue weighted by atomic mass is 10.2. The van der Waals surface area contributed by atoms with E-state index in [2.05, 4.69) is 15.0 Å². The van der Waals surface area contributed by atoms with Crippen LogP contribution in [0.5, 0.6) is 0 Å². The van der Waals surface area contributed by atoms with E-state index in [-0.39, 0.29) is 11.9 Å². The molecule has 3 aromatic rings. The quantitative estimate of drug-likeness (QED) is 0.724. The third-order valence-corrected chi connectivity index (χ3v) is 4.63. The van der Waals surface area contributed by atoms with Crippen molar-refractivity contribution in [3.8, 4) is 11.5 Å². The van der Waals surface area contributed by atoms with Gasteiger partial charge in [-0.25, -0.2) is 15.0 Å². The molecule has 1 saturated heterocycles. The molecule has 6 nitrogen and oxygen atoms in total. The summed E-state index contributed by atoms with van der Waals surface area (Å²) in [5, 5.41) is 0.578. The van der Waals surface area contributed by atoms with E-state index in [0.29, 0.717) is 23.8 Å². The Morgan fingerprint density at radius 1 is 1.16 bits per heavy atom. The van der Waals surface area contributed by atoms with Crippen LogP contribution in [-0.4, -0.2) is 32.0 Å². The first kappa shape index (κ1) is 15.8. The maximum absolute atomic E-state index is 12.5. The Morgan fingerprint density at radius 3 is 2.80 bits per heavy atom. The van der Waals surface area contributed by atoms with Gasteiger partial charge < -0.3 is 9.47 Å².